The molecule has 2 aromatic carbocycles. The van der Waals surface area contributed by atoms with Crippen molar-refractivity contribution in [3.8, 4) is 11.5 Å². The van der Waals surface area contributed by atoms with Crippen molar-refractivity contribution in [2.75, 3.05) is 0 Å². The van der Waals surface area contributed by atoms with Gasteiger partial charge in [0, 0.05) is 18.7 Å². The summed E-state index contributed by atoms with van der Waals surface area (Å²) in [5.41, 5.74) is 0.782. The minimum atomic E-state index is -1.19. The molecule has 0 fully saturated rings. The summed E-state index contributed by atoms with van der Waals surface area (Å²) in [6.07, 6.45) is 1.70. The summed E-state index contributed by atoms with van der Waals surface area (Å²) in [5, 5.41) is 31.3. The van der Waals surface area contributed by atoms with Gasteiger partial charge in [-0.15, -0.1) is 0 Å². The first kappa shape index (κ1) is 14.4. The maximum atomic E-state index is 11.3. The number of aromatic hydroxyl groups is 2. The third-order valence-corrected chi connectivity index (χ3v) is 2.84. The first-order valence-corrected chi connectivity index (χ1v) is 6.09. The van der Waals surface area contributed by atoms with Crippen molar-refractivity contribution in [3.05, 3.63) is 48.0 Å². The van der Waals surface area contributed by atoms with Crippen LogP contribution >= 0.6 is 0 Å². The van der Waals surface area contributed by atoms with Crippen molar-refractivity contribution in [1.29, 1.82) is 0 Å². The Morgan fingerprint density at radius 3 is 2.33 bits per heavy atom. The number of phenols is 2. The molecule has 0 atom stereocenters. The summed E-state index contributed by atoms with van der Waals surface area (Å²) in [5.74, 6) is -2.10. The van der Waals surface area contributed by atoms with Crippen LogP contribution in [0.2, 0.25) is 0 Å². The van der Waals surface area contributed by atoms with E-state index in [1.165, 1.54) is 12.1 Å². The van der Waals surface area contributed by atoms with E-state index in [9.17, 15) is 19.8 Å². The molecule has 0 radical (unpaired) electrons. The fourth-order valence-electron chi connectivity index (χ4n) is 1.83. The number of aliphatic carboxylic acids is 1. The van der Waals surface area contributed by atoms with Crippen LogP contribution in [0.1, 0.15) is 5.56 Å². The van der Waals surface area contributed by atoms with Crippen LogP contribution in [0, 0.1) is 0 Å². The number of phenolic OH excluding ortho intramolecular Hbond substituents is 2. The molecule has 0 saturated heterocycles. The van der Waals surface area contributed by atoms with E-state index in [1.54, 1.807) is 18.2 Å². The van der Waals surface area contributed by atoms with Crippen LogP contribution in [-0.2, 0) is 16.1 Å². The highest BCUT2D eigenvalue weighted by atomic mass is 16.4. The van der Waals surface area contributed by atoms with Crippen molar-refractivity contribution in [1.82, 2.24) is 5.32 Å². The van der Waals surface area contributed by atoms with Crippen molar-refractivity contribution < 1.29 is 24.9 Å². The molecular formula is C15H13NO5. The van der Waals surface area contributed by atoms with E-state index in [2.05, 4.69) is 5.32 Å². The van der Waals surface area contributed by atoms with Crippen LogP contribution in [-0.4, -0.2) is 27.2 Å². The lowest BCUT2D eigenvalue weighted by Crippen LogP contribution is -2.20. The van der Waals surface area contributed by atoms with Gasteiger partial charge in [-0.2, -0.15) is 0 Å². The van der Waals surface area contributed by atoms with E-state index in [0.717, 1.165) is 28.5 Å². The zero-order valence-corrected chi connectivity index (χ0v) is 10.9. The second-order valence-corrected chi connectivity index (χ2v) is 4.41. The molecule has 0 aliphatic heterocycles. The summed E-state index contributed by atoms with van der Waals surface area (Å²) >= 11 is 0. The number of nitrogens with one attached hydrogen (secondary N) is 1. The molecule has 0 heterocycles. The normalized spacial score (nSPS) is 10.9. The second-order valence-electron chi connectivity index (χ2n) is 4.41. The molecule has 21 heavy (non-hydrogen) atoms. The molecule has 0 aliphatic carbocycles. The van der Waals surface area contributed by atoms with E-state index in [4.69, 9.17) is 5.11 Å². The molecule has 4 N–H and O–H groups in total. The van der Waals surface area contributed by atoms with Crippen molar-refractivity contribution in [2.24, 2.45) is 0 Å². The number of carboxylic acid groups (broad SMARTS) is 1. The van der Waals surface area contributed by atoms with Gasteiger partial charge >= 0.3 is 5.97 Å². The fraction of sp³-hybridized carbons (Fsp3) is 0.0667. The lowest BCUT2D eigenvalue weighted by Gasteiger charge is -2.06. The molecule has 6 heteroatoms. The molecule has 0 unspecified atom stereocenters. The summed E-state index contributed by atoms with van der Waals surface area (Å²) in [6.45, 7) is 0.223. The van der Waals surface area contributed by atoms with Gasteiger partial charge in [-0.3, -0.25) is 4.79 Å². The quantitative estimate of drug-likeness (QED) is 0.503. The summed E-state index contributed by atoms with van der Waals surface area (Å²) in [6, 6.07) is 8.15. The zero-order valence-electron chi connectivity index (χ0n) is 10.9. The number of amides is 1. The van der Waals surface area contributed by atoms with Gasteiger partial charge in [-0.1, -0.05) is 12.1 Å². The SMILES string of the molecule is O=C(O)C=CC(=O)NCc1ccc2cc(O)c(O)cc2c1. The standard InChI is InChI=1S/C15H13NO5/c17-12-6-10-2-1-9(5-11(10)7-13(12)18)8-16-14(19)3-4-15(20)21/h1-7,17-18H,8H2,(H,16,19)(H,20,21). The minimum Gasteiger partial charge on any atom is -0.504 e. The van der Waals surface area contributed by atoms with E-state index in [1.807, 2.05) is 0 Å². The number of hydrogen-bond acceptors (Lipinski definition) is 4. The van der Waals surface area contributed by atoms with Crippen molar-refractivity contribution in [2.45, 2.75) is 6.54 Å². The van der Waals surface area contributed by atoms with Crippen LogP contribution in [0.15, 0.2) is 42.5 Å². The van der Waals surface area contributed by atoms with E-state index < -0.39 is 11.9 Å². The second kappa shape index (κ2) is 5.96. The number of carbonyl (C=O) groups excluding carboxylic acids is 1. The highest BCUT2D eigenvalue weighted by Gasteiger charge is 2.04. The third kappa shape index (κ3) is 3.73. The van der Waals surface area contributed by atoms with E-state index >= 15 is 0 Å². The third-order valence-electron chi connectivity index (χ3n) is 2.84. The monoisotopic (exact) mass is 287 g/mol. The summed E-state index contributed by atoms with van der Waals surface area (Å²) < 4.78 is 0. The Morgan fingerprint density at radius 2 is 1.67 bits per heavy atom. The number of carbonyl (C=O) groups is 2. The first-order chi connectivity index (χ1) is 9.95. The van der Waals surface area contributed by atoms with Gasteiger partial charge in [-0.05, 0) is 34.5 Å². The Morgan fingerprint density at radius 1 is 1.00 bits per heavy atom. The topological polar surface area (TPSA) is 107 Å². The minimum absolute atomic E-state index is 0.192. The highest BCUT2D eigenvalue weighted by molar-refractivity contribution is 5.94. The molecule has 0 spiro atoms. The molecule has 1 amide bonds. The molecule has 2 rings (SSSR count). The van der Waals surface area contributed by atoms with Gasteiger partial charge in [0.1, 0.15) is 0 Å². The van der Waals surface area contributed by atoms with Gasteiger partial charge < -0.3 is 20.6 Å². The molecule has 6 nitrogen and oxygen atoms in total. The largest absolute Gasteiger partial charge is 0.504 e. The van der Waals surface area contributed by atoms with Crippen LogP contribution < -0.4 is 5.32 Å². The molecule has 0 aromatic heterocycles. The van der Waals surface area contributed by atoms with Gasteiger partial charge in [0.05, 0.1) is 0 Å². The predicted octanol–water partition coefficient (Wildman–Crippen LogP) is 1.51. The lowest BCUT2D eigenvalue weighted by atomic mass is 10.1. The number of carboxylic acids is 1. The molecule has 108 valence electrons. The summed E-state index contributed by atoms with van der Waals surface area (Å²) in [4.78, 5) is 21.6. The van der Waals surface area contributed by atoms with Crippen LogP contribution in [0.3, 0.4) is 0 Å². The van der Waals surface area contributed by atoms with E-state index in [-0.39, 0.29) is 18.0 Å². The lowest BCUT2D eigenvalue weighted by molar-refractivity contribution is -0.131. The fourth-order valence-corrected chi connectivity index (χ4v) is 1.83. The van der Waals surface area contributed by atoms with Gasteiger partial charge in [0.15, 0.2) is 11.5 Å². The van der Waals surface area contributed by atoms with Gasteiger partial charge in [-0.25, -0.2) is 4.79 Å². The van der Waals surface area contributed by atoms with Crippen molar-refractivity contribution >= 4 is 22.6 Å². The Labute approximate surface area is 120 Å². The number of hydrogen-bond donors (Lipinski definition) is 4. The molecule has 0 bridgehead atoms. The molecule has 0 aliphatic rings. The van der Waals surface area contributed by atoms with Crippen molar-refractivity contribution in [3.63, 3.8) is 0 Å². The number of rotatable bonds is 4. The Bertz CT molecular complexity index is 736. The number of fused-ring (bicyclic) bond motifs is 1. The molecule has 0 saturated carbocycles. The van der Waals surface area contributed by atoms with Crippen LogP contribution in [0.25, 0.3) is 10.8 Å². The van der Waals surface area contributed by atoms with Crippen LogP contribution in [0.4, 0.5) is 0 Å². The highest BCUT2D eigenvalue weighted by Crippen LogP contribution is 2.30. The first-order valence-electron chi connectivity index (χ1n) is 6.09. The Balaban J connectivity index is 2.11. The van der Waals surface area contributed by atoms with Gasteiger partial charge in [0.25, 0.3) is 0 Å². The average Bonchev–Trinajstić information content (AvgIpc) is 2.44. The zero-order chi connectivity index (χ0) is 15.4. The maximum absolute atomic E-state index is 11.3. The smallest absolute Gasteiger partial charge is 0.328 e. The average molecular weight is 287 g/mol. The van der Waals surface area contributed by atoms with E-state index in [0.29, 0.717) is 0 Å². The predicted molar refractivity (Wildman–Crippen MR) is 75.9 cm³/mol. The summed E-state index contributed by atoms with van der Waals surface area (Å²) in [7, 11) is 0. The Hall–Kier alpha value is -3.02. The van der Waals surface area contributed by atoms with Crippen LogP contribution in [0.5, 0.6) is 11.5 Å². The molecule has 2 aromatic rings. The van der Waals surface area contributed by atoms with Gasteiger partial charge in [0.2, 0.25) is 5.91 Å². The Kier molecular flexibility index (Phi) is 4.08. The number of benzene rings is 2. The molecular weight excluding hydrogens is 274 g/mol. The maximum Gasteiger partial charge on any atom is 0.328 e.